The highest BCUT2D eigenvalue weighted by Crippen LogP contribution is 2.16. The van der Waals surface area contributed by atoms with Crippen molar-refractivity contribution in [3.63, 3.8) is 0 Å². The summed E-state index contributed by atoms with van der Waals surface area (Å²) in [6, 6.07) is 16.6. The molecule has 0 saturated heterocycles. The predicted octanol–water partition coefficient (Wildman–Crippen LogP) is 3.49. The SMILES string of the molecule is CC(C)COc1ccccc1/C=N\NC(=O)c1ccccc1. The van der Waals surface area contributed by atoms with Crippen LogP contribution in [0.2, 0.25) is 0 Å². The van der Waals surface area contributed by atoms with Crippen molar-refractivity contribution in [2.24, 2.45) is 11.0 Å². The molecule has 22 heavy (non-hydrogen) atoms. The number of hydrogen-bond acceptors (Lipinski definition) is 3. The maximum absolute atomic E-state index is 11.9. The molecule has 0 aromatic heterocycles. The summed E-state index contributed by atoms with van der Waals surface area (Å²) in [7, 11) is 0. The summed E-state index contributed by atoms with van der Waals surface area (Å²) in [5.74, 6) is 0.967. The second-order valence-corrected chi connectivity index (χ2v) is 5.31. The van der Waals surface area contributed by atoms with Gasteiger partial charge in [0, 0.05) is 11.1 Å². The number of rotatable bonds is 6. The van der Waals surface area contributed by atoms with Crippen LogP contribution in [0.3, 0.4) is 0 Å². The maximum atomic E-state index is 11.9. The molecule has 2 aromatic rings. The van der Waals surface area contributed by atoms with Crippen LogP contribution in [-0.4, -0.2) is 18.7 Å². The van der Waals surface area contributed by atoms with Crippen molar-refractivity contribution in [2.45, 2.75) is 13.8 Å². The first-order valence-corrected chi connectivity index (χ1v) is 7.27. The number of ether oxygens (including phenoxy) is 1. The van der Waals surface area contributed by atoms with E-state index >= 15 is 0 Å². The fourth-order valence-electron chi connectivity index (χ4n) is 1.79. The Bertz CT molecular complexity index is 637. The fourth-order valence-corrected chi connectivity index (χ4v) is 1.79. The number of para-hydroxylation sites is 1. The van der Waals surface area contributed by atoms with Crippen LogP contribution in [0, 0.1) is 5.92 Å². The molecule has 2 aromatic carbocycles. The lowest BCUT2D eigenvalue weighted by molar-refractivity contribution is 0.0955. The summed E-state index contributed by atoms with van der Waals surface area (Å²) in [4.78, 5) is 11.9. The lowest BCUT2D eigenvalue weighted by Gasteiger charge is -2.10. The Morgan fingerprint density at radius 3 is 2.55 bits per heavy atom. The van der Waals surface area contributed by atoms with Gasteiger partial charge in [-0.3, -0.25) is 4.79 Å². The highest BCUT2D eigenvalue weighted by molar-refractivity contribution is 5.95. The van der Waals surface area contributed by atoms with Crippen LogP contribution in [0.4, 0.5) is 0 Å². The van der Waals surface area contributed by atoms with Gasteiger partial charge < -0.3 is 4.74 Å². The minimum atomic E-state index is -0.238. The summed E-state index contributed by atoms with van der Waals surface area (Å²) in [5.41, 5.74) is 3.92. The quantitative estimate of drug-likeness (QED) is 0.655. The molecular weight excluding hydrogens is 276 g/mol. The minimum absolute atomic E-state index is 0.238. The number of hydrogen-bond donors (Lipinski definition) is 1. The van der Waals surface area contributed by atoms with Crippen LogP contribution in [0.5, 0.6) is 5.75 Å². The summed E-state index contributed by atoms with van der Waals surface area (Å²) < 4.78 is 5.74. The molecule has 1 N–H and O–H groups in total. The maximum Gasteiger partial charge on any atom is 0.271 e. The molecule has 114 valence electrons. The van der Waals surface area contributed by atoms with E-state index in [4.69, 9.17) is 4.74 Å². The van der Waals surface area contributed by atoms with Gasteiger partial charge >= 0.3 is 0 Å². The summed E-state index contributed by atoms with van der Waals surface area (Å²) >= 11 is 0. The molecule has 0 fully saturated rings. The number of nitrogens with zero attached hydrogens (tertiary/aromatic N) is 1. The Hall–Kier alpha value is -2.62. The standard InChI is InChI=1S/C18H20N2O2/c1-14(2)13-22-17-11-7-6-10-16(17)12-19-20-18(21)15-8-4-3-5-9-15/h3-12,14H,13H2,1-2H3,(H,20,21)/b19-12-. The topological polar surface area (TPSA) is 50.7 Å². The monoisotopic (exact) mass is 296 g/mol. The molecule has 0 aliphatic carbocycles. The number of benzene rings is 2. The third-order valence-corrected chi connectivity index (χ3v) is 2.90. The lowest BCUT2D eigenvalue weighted by atomic mass is 10.2. The largest absolute Gasteiger partial charge is 0.493 e. The van der Waals surface area contributed by atoms with Crippen molar-refractivity contribution < 1.29 is 9.53 Å². The molecule has 4 nitrogen and oxygen atoms in total. The van der Waals surface area contributed by atoms with Gasteiger partial charge in [-0.05, 0) is 30.2 Å². The summed E-state index contributed by atoms with van der Waals surface area (Å²) in [5, 5.41) is 4.00. The van der Waals surface area contributed by atoms with Crippen molar-refractivity contribution in [3.05, 3.63) is 65.7 Å². The molecule has 0 aliphatic heterocycles. The molecule has 1 amide bonds. The molecule has 0 bridgehead atoms. The van der Waals surface area contributed by atoms with Crippen LogP contribution < -0.4 is 10.2 Å². The van der Waals surface area contributed by atoms with Gasteiger partial charge in [-0.1, -0.05) is 44.2 Å². The minimum Gasteiger partial charge on any atom is -0.493 e. The Morgan fingerprint density at radius 2 is 1.82 bits per heavy atom. The first-order valence-electron chi connectivity index (χ1n) is 7.27. The van der Waals surface area contributed by atoms with Gasteiger partial charge in [0.2, 0.25) is 0 Å². The number of amides is 1. The van der Waals surface area contributed by atoms with Crippen molar-refractivity contribution in [3.8, 4) is 5.75 Å². The van der Waals surface area contributed by atoms with E-state index in [9.17, 15) is 4.79 Å². The second-order valence-electron chi connectivity index (χ2n) is 5.31. The van der Waals surface area contributed by atoms with Crippen molar-refractivity contribution in [1.29, 1.82) is 0 Å². The third-order valence-electron chi connectivity index (χ3n) is 2.90. The average Bonchev–Trinajstić information content (AvgIpc) is 2.54. The Labute approximate surface area is 130 Å². The van der Waals surface area contributed by atoms with Crippen molar-refractivity contribution >= 4 is 12.1 Å². The molecule has 0 radical (unpaired) electrons. The molecule has 0 unspecified atom stereocenters. The highest BCUT2D eigenvalue weighted by Gasteiger charge is 2.04. The molecule has 2 rings (SSSR count). The first-order chi connectivity index (χ1) is 10.7. The highest BCUT2D eigenvalue weighted by atomic mass is 16.5. The van der Waals surface area contributed by atoms with Gasteiger partial charge in [0.15, 0.2) is 0 Å². The Kier molecular flexibility index (Phi) is 5.72. The van der Waals surface area contributed by atoms with Crippen LogP contribution in [0.15, 0.2) is 59.7 Å². The second kappa shape index (κ2) is 7.98. The van der Waals surface area contributed by atoms with Crippen molar-refractivity contribution in [2.75, 3.05) is 6.61 Å². The summed E-state index contributed by atoms with van der Waals surface area (Å²) in [6.45, 7) is 4.83. The average molecular weight is 296 g/mol. The number of carbonyl (C=O) groups excluding carboxylic acids is 1. The number of carbonyl (C=O) groups is 1. The van der Waals surface area contributed by atoms with Crippen LogP contribution >= 0.6 is 0 Å². The Balaban J connectivity index is 1.99. The van der Waals surface area contributed by atoms with Crippen molar-refractivity contribution in [1.82, 2.24) is 5.43 Å². The first kappa shape index (κ1) is 15.8. The van der Waals surface area contributed by atoms with E-state index in [1.54, 1.807) is 18.3 Å². The van der Waals surface area contributed by atoms with E-state index in [1.807, 2.05) is 42.5 Å². The van der Waals surface area contributed by atoms with Crippen LogP contribution in [0.25, 0.3) is 0 Å². The van der Waals surface area contributed by atoms with E-state index in [2.05, 4.69) is 24.4 Å². The van der Waals surface area contributed by atoms with E-state index in [-0.39, 0.29) is 5.91 Å². The third kappa shape index (κ3) is 4.74. The van der Waals surface area contributed by atoms with E-state index < -0.39 is 0 Å². The molecule has 0 heterocycles. The molecule has 4 heteroatoms. The van der Waals surface area contributed by atoms with Gasteiger partial charge in [-0.15, -0.1) is 0 Å². The normalized spacial score (nSPS) is 10.9. The zero-order chi connectivity index (χ0) is 15.8. The molecule has 0 saturated carbocycles. The molecule has 0 spiro atoms. The van der Waals surface area contributed by atoms with Crippen LogP contribution in [0.1, 0.15) is 29.8 Å². The zero-order valence-corrected chi connectivity index (χ0v) is 12.8. The predicted molar refractivity (Wildman–Crippen MR) is 88.3 cm³/mol. The molecule has 0 aliphatic rings. The number of nitrogens with one attached hydrogen (secondary N) is 1. The van der Waals surface area contributed by atoms with E-state index in [0.29, 0.717) is 18.1 Å². The van der Waals surface area contributed by atoms with Gasteiger partial charge in [-0.2, -0.15) is 5.10 Å². The number of hydrazone groups is 1. The van der Waals surface area contributed by atoms with Gasteiger partial charge in [0.1, 0.15) is 5.75 Å². The summed E-state index contributed by atoms with van der Waals surface area (Å²) in [6.07, 6.45) is 1.59. The zero-order valence-electron chi connectivity index (χ0n) is 12.8. The van der Waals surface area contributed by atoms with Gasteiger partial charge in [-0.25, -0.2) is 5.43 Å². The lowest BCUT2D eigenvalue weighted by Crippen LogP contribution is -2.17. The van der Waals surface area contributed by atoms with Gasteiger partial charge in [0.25, 0.3) is 5.91 Å². The van der Waals surface area contributed by atoms with E-state index in [1.165, 1.54) is 0 Å². The van der Waals surface area contributed by atoms with Gasteiger partial charge in [0.05, 0.1) is 12.8 Å². The molecular formula is C18H20N2O2. The Morgan fingerprint density at radius 1 is 1.14 bits per heavy atom. The smallest absolute Gasteiger partial charge is 0.271 e. The fraction of sp³-hybridized carbons (Fsp3) is 0.222. The van der Waals surface area contributed by atoms with Crippen LogP contribution in [-0.2, 0) is 0 Å². The van der Waals surface area contributed by atoms with E-state index in [0.717, 1.165) is 11.3 Å². The molecule has 0 atom stereocenters.